The minimum atomic E-state index is 0.567. The van der Waals surface area contributed by atoms with Crippen LogP contribution in [0, 0.1) is 0 Å². The second kappa shape index (κ2) is 16.4. The minimum absolute atomic E-state index is 0.567. The molecule has 5 nitrogen and oxygen atoms in total. The molecule has 0 radical (unpaired) electrons. The number of nitrogens with zero attached hydrogens (tertiary/aromatic N) is 4. The van der Waals surface area contributed by atoms with E-state index in [1.54, 1.807) is 0 Å². The molecule has 0 spiro atoms. The molecule has 5 heteroatoms. The van der Waals surface area contributed by atoms with E-state index in [9.17, 15) is 0 Å². The first-order chi connectivity index (χ1) is 33.7. The lowest BCUT2D eigenvalue weighted by atomic mass is 10.0. The Balaban J connectivity index is 1.01. The van der Waals surface area contributed by atoms with E-state index >= 15 is 0 Å². The van der Waals surface area contributed by atoms with Crippen molar-refractivity contribution in [3.63, 3.8) is 0 Å². The number of aromatic nitrogens is 4. The molecule has 68 heavy (non-hydrogen) atoms. The largest absolute Gasteiger partial charge is 0.456 e. The zero-order valence-electron chi connectivity index (χ0n) is 36.8. The second-order valence-electron chi connectivity index (χ2n) is 17.2. The van der Waals surface area contributed by atoms with Crippen molar-refractivity contribution in [2.75, 3.05) is 0 Å². The van der Waals surface area contributed by atoms with Crippen LogP contribution in [0.5, 0.6) is 0 Å². The number of furan rings is 1. The molecule has 0 N–H and O–H groups in total. The summed E-state index contributed by atoms with van der Waals surface area (Å²) < 4.78 is 9.05. The van der Waals surface area contributed by atoms with Gasteiger partial charge in [0.05, 0.1) is 11.0 Å². The molecule has 0 aliphatic rings. The lowest BCUT2D eigenvalue weighted by molar-refractivity contribution is 0.669. The molecule has 0 aliphatic carbocycles. The Morgan fingerprint density at radius 3 is 1.21 bits per heavy atom. The highest BCUT2D eigenvalue weighted by atomic mass is 16.3. The molecule has 0 amide bonds. The summed E-state index contributed by atoms with van der Waals surface area (Å²) in [6.07, 6.45) is 0. The molecule has 13 aromatic rings. The fourth-order valence-corrected chi connectivity index (χ4v) is 9.75. The molecule has 0 saturated carbocycles. The fourth-order valence-electron chi connectivity index (χ4n) is 9.75. The summed E-state index contributed by atoms with van der Waals surface area (Å²) in [5, 5.41) is 4.30. The Bertz CT molecular complexity index is 3810. The normalized spacial score (nSPS) is 11.5. The zero-order valence-corrected chi connectivity index (χ0v) is 36.8. The van der Waals surface area contributed by atoms with Gasteiger partial charge >= 0.3 is 0 Å². The van der Waals surface area contributed by atoms with Crippen LogP contribution >= 0.6 is 0 Å². The van der Waals surface area contributed by atoms with Gasteiger partial charge in [0.2, 0.25) is 0 Å². The Morgan fingerprint density at radius 2 is 0.706 bits per heavy atom. The van der Waals surface area contributed by atoms with E-state index in [0.29, 0.717) is 17.5 Å². The highest BCUT2D eigenvalue weighted by molar-refractivity contribution is 6.14. The van der Waals surface area contributed by atoms with E-state index in [0.717, 1.165) is 77.6 Å². The third-order valence-corrected chi connectivity index (χ3v) is 13.0. The number of hydrogen-bond donors (Lipinski definition) is 0. The average molecular weight is 869 g/mol. The van der Waals surface area contributed by atoms with Crippen molar-refractivity contribution in [3.05, 3.63) is 243 Å². The van der Waals surface area contributed by atoms with Gasteiger partial charge in [0.25, 0.3) is 0 Å². The molecule has 0 bridgehead atoms. The summed E-state index contributed by atoms with van der Waals surface area (Å²) in [6.45, 7) is 0. The molecule has 10 aromatic carbocycles. The molecule has 3 aromatic heterocycles. The van der Waals surface area contributed by atoms with Crippen LogP contribution < -0.4 is 0 Å². The second-order valence-corrected chi connectivity index (χ2v) is 17.2. The molecule has 318 valence electrons. The maximum atomic E-state index is 6.67. The minimum Gasteiger partial charge on any atom is -0.456 e. The van der Waals surface area contributed by atoms with E-state index in [1.807, 2.05) is 24.3 Å². The third kappa shape index (κ3) is 6.93. The van der Waals surface area contributed by atoms with Gasteiger partial charge in [0.15, 0.2) is 17.5 Å². The van der Waals surface area contributed by atoms with Crippen molar-refractivity contribution in [3.8, 4) is 84.4 Å². The zero-order chi connectivity index (χ0) is 45.0. The van der Waals surface area contributed by atoms with Gasteiger partial charge < -0.3 is 8.98 Å². The van der Waals surface area contributed by atoms with Crippen LogP contribution in [0.3, 0.4) is 0 Å². The molecular weight excluding hydrogens is 829 g/mol. The van der Waals surface area contributed by atoms with E-state index in [4.69, 9.17) is 19.4 Å². The number of hydrogen-bond acceptors (Lipinski definition) is 4. The monoisotopic (exact) mass is 868 g/mol. The SMILES string of the molecule is c1ccc(-c2cccc(-c3nc(-c4cccc(-c5ccccc5)c4)nc(-c4cccc5oc6ccc(-n7c8ccc(-c9ccccc9)cc8c8cc(-c9ccccc9)ccc87)cc6c45)n3)c2)cc1. The highest BCUT2D eigenvalue weighted by Gasteiger charge is 2.21. The standard InChI is InChI=1S/C63H40N4O/c1-5-16-41(17-6-1)45-24-13-26-49(36-45)61-64-62(50-27-14-25-46(37-50)42-18-7-2-8-19-42)66-63(65-61)52-28-15-29-59-60(52)55-40-51(32-35-58(55)68-59)67-56-33-30-47(43-20-9-3-10-21-43)38-53(56)54-39-48(31-34-57(54)67)44-22-11-4-12-23-44/h1-40H. The smallest absolute Gasteiger partial charge is 0.164 e. The van der Waals surface area contributed by atoms with Gasteiger partial charge in [-0.1, -0.05) is 182 Å². The van der Waals surface area contributed by atoms with Gasteiger partial charge in [0, 0.05) is 43.9 Å². The Kier molecular flexibility index (Phi) is 9.43. The molecule has 13 rings (SSSR count). The van der Waals surface area contributed by atoms with Gasteiger partial charge in [-0.15, -0.1) is 0 Å². The highest BCUT2D eigenvalue weighted by Crippen LogP contribution is 2.41. The van der Waals surface area contributed by atoms with Crippen LogP contribution in [0.15, 0.2) is 247 Å². The van der Waals surface area contributed by atoms with Crippen LogP contribution in [0.1, 0.15) is 0 Å². The van der Waals surface area contributed by atoms with Gasteiger partial charge in [-0.25, -0.2) is 15.0 Å². The van der Waals surface area contributed by atoms with Gasteiger partial charge in [-0.3, -0.25) is 0 Å². The summed E-state index contributed by atoms with van der Waals surface area (Å²) >= 11 is 0. The van der Waals surface area contributed by atoms with Gasteiger partial charge in [-0.2, -0.15) is 0 Å². The van der Waals surface area contributed by atoms with E-state index in [1.165, 1.54) is 33.0 Å². The summed E-state index contributed by atoms with van der Waals surface area (Å²) in [7, 11) is 0. The Morgan fingerprint density at radius 1 is 0.279 bits per heavy atom. The molecule has 0 atom stereocenters. The molecule has 3 heterocycles. The number of rotatable bonds is 8. The predicted molar refractivity (Wildman–Crippen MR) is 279 cm³/mol. The van der Waals surface area contributed by atoms with E-state index < -0.39 is 0 Å². The molecule has 0 unspecified atom stereocenters. The van der Waals surface area contributed by atoms with Crippen molar-refractivity contribution in [1.29, 1.82) is 0 Å². The van der Waals surface area contributed by atoms with Crippen LogP contribution in [0.2, 0.25) is 0 Å². The van der Waals surface area contributed by atoms with Crippen molar-refractivity contribution in [2.24, 2.45) is 0 Å². The first kappa shape index (κ1) is 39.2. The molecule has 0 aliphatic heterocycles. The number of benzene rings is 10. The van der Waals surface area contributed by atoms with Crippen LogP contribution in [0.4, 0.5) is 0 Å². The van der Waals surface area contributed by atoms with Crippen molar-refractivity contribution in [1.82, 2.24) is 19.5 Å². The van der Waals surface area contributed by atoms with Gasteiger partial charge in [0.1, 0.15) is 11.2 Å². The van der Waals surface area contributed by atoms with E-state index in [-0.39, 0.29) is 0 Å². The first-order valence-electron chi connectivity index (χ1n) is 22.9. The summed E-state index contributed by atoms with van der Waals surface area (Å²) in [5.41, 5.74) is 16.7. The average Bonchev–Trinajstić information content (AvgIpc) is 3.96. The maximum Gasteiger partial charge on any atom is 0.164 e. The predicted octanol–water partition coefficient (Wildman–Crippen LogP) is 16.5. The fraction of sp³-hybridized carbons (Fsp3) is 0. The lowest BCUT2D eigenvalue weighted by Gasteiger charge is -2.11. The molecule has 0 saturated heterocycles. The van der Waals surface area contributed by atoms with Crippen molar-refractivity contribution < 1.29 is 4.42 Å². The van der Waals surface area contributed by atoms with E-state index in [2.05, 4.69) is 223 Å². The summed E-state index contributed by atoms with van der Waals surface area (Å²) in [4.78, 5) is 15.8. The maximum absolute atomic E-state index is 6.67. The molecular formula is C63H40N4O. The Labute approximate surface area is 392 Å². The van der Waals surface area contributed by atoms with Crippen LogP contribution in [0.25, 0.3) is 128 Å². The lowest BCUT2D eigenvalue weighted by Crippen LogP contribution is -2.01. The third-order valence-electron chi connectivity index (χ3n) is 13.0. The summed E-state index contributed by atoms with van der Waals surface area (Å²) in [5.74, 6) is 1.75. The quantitative estimate of drug-likeness (QED) is 0.153. The topological polar surface area (TPSA) is 56.7 Å². The van der Waals surface area contributed by atoms with Crippen LogP contribution in [-0.4, -0.2) is 19.5 Å². The molecule has 0 fully saturated rings. The summed E-state index contributed by atoms with van der Waals surface area (Å²) in [6, 6.07) is 85.3. The first-order valence-corrected chi connectivity index (χ1v) is 22.9. The number of fused-ring (bicyclic) bond motifs is 6. The van der Waals surface area contributed by atoms with Crippen LogP contribution in [-0.2, 0) is 0 Å². The van der Waals surface area contributed by atoms with Crippen molar-refractivity contribution in [2.45, 2.75) is 0 Å². The van der Waals surface area contributed by atoms with Gasteiger partial charge in [-0.05, 0) is 105 Å². The van der Waals surface area contributed by atoms with Crippen molar-refractivity contribution >= 4 is 43.7 Å². The Hall–Kier alpha value is -9.19.